The number of hydrogen-bond donors (Lipinski definition) is 2. The first-order valence-electron chi connectivity index (χ1n) is 6.90. The SMILES string of the molecule is CCN(CCO)C(=O)C(=O)Nc1cc(C(F)(F)F)cc(C(F)(F)F)c1. The van der Waals surface area contributed by atoms with Crippen molar-refractivity contribution in [1.82, 2.24) is 4.90 Å². The molecule has 1 aromatic carbocycles. The number of halogens is 6. The van der Waals surface area contributed by atoms with Gasteiger partial charge >= 0.3 is 24.2 Å². The standard InChI is InChI=1S/C14H14F6N2O3/c1-2-22(3-4-23)12(25)11(24)21-10-6-8(13(15,16)17)5-9(7-10)14(18,19)20/h5-7,23H,2-4H2,1H3,(H,21,24). The lowest BCUT2D eigenvalue weighted by Gasteiger charge is -2.19. The van der Waals surface area contributed by atoms with Gasteiger partial charge in [-0.15, -0.1) is 0 Å². The van der Waals surface area contributed by atoms with Gasteiger partial charge in [-0.25, -0.2) is 0 Å². The number of amides is 2. The zero-order valence-corrected chi connectivity index (χ0v) is 12.8. The summed E-state index contributed by atoms with van der Waals surface area (Å²) in [5, 5.41) is 10.5. The van der Waals surface area contributed by atoms with Gasteiger partial charge in [0, 0.05) is 18.8 Å². The maximum Gasteiger partial charge on any atom is 0.416 e. The Bertz CT molecular complexity index is 610. The number of alkyl halides is 6. The molecule has 0 spiro atoms. The molecule has 0 atom stereocenters. The molecule has 5 nitrogen and oxygen atoms in total. The predicted molar refractivity (Wildman–Crippen MR) is 74.4 cm³/mol. The third-order valence-corrected chi connectivity index (χ3v) is 3.08. The Morgan fingerprint density at radius 1 is 1.04 bits per heavy atom. The van der Waals surface area contributed by atoms with Gasteiger partial charge in [0.2, 0.25) is 0 Å². The van der Waals surface area contributed by atoms with Crippen molar-refractivity contribution in [2.24, 2.45) is 0 Å². The molecule has 0 radical (unpaired) electrons. The van der Waals surface area contributed by atoms with Crippen molar-refractivity contribution < 1.29 is 41.0 Å². The Kier molecular flexibility index (Phi) is 6.41. The Morgan fingerprint density at radius 2 is 1.52 bits per heavy atom. The first-order chi connectivity index (χ1) is 11.4. The first-order valence-corrected chi connectivity index (χ1v) is 6.90. The molecule has 0 unspecified atom stereocenters. The second kappa shape index (κ2) is 7.72. The Labute approximate surface area is 138 Å². The fraction of sp³-hybridized carbons (Fsp3) is 0.429. The Hall–Kier alpha value is -2.30. The fourth-order valence-corrected chi connectivity index (χ4v) is 1.88. The van der Waals surface area contributed by atoms with Gasteiger partial charge in [0.15, 0.2) is 0 Å². The molecule has 0 aliphatic carbocycles. The summed E-state index contributed by atoms with van der Waals surface area (Å²) in [5.41, 5.74) is -4.05. The number of benzene rings is 1. The van der Waals surface area contributed by atoms with E-state index in [9.17, 15) is 35.9 Å². The van der Waals surface area contributed by atoms with Crippen LogP contribution in [0.25, 0.3) is 0 Å². The van der Waals surface area contributed by atoms with E-state index in [-0.39, 0.29) is 19.2 Å². The summed E-state index contributed by atoms with van der Waals surface area (Å²) in [7, 11) is 0. The lowest BCUT2D eigenvalue weighted by molar-refractivity contribution is -0.143. The lowest BCUT2D eigenvalue weighted by atomic mass is 10.1. The summed E-state index contributed by atoms with van der Waals surface area (Å²) in [5.74, 6) is -2.61. The molecule has 0 aromatic heterocycles. The van der Waals surface area contributed by atoms with Crippen LogP contribution in [0.15, 0.2) is 18.2 Å². The van der Waals surface area contributed by atoms with E-state index >= 15 is 0 Å². The quantitative estimate of drug-likeness (QED) is 0.630. The minimum absolute atomic E-state index is 0.0171. The van der Waals surface area contributed by atoms with Gasteiger partial charge in [0.1, 0.15) is 0 Å². The average molecular weight is 372 g/mol. The van der Waals surface area contributed by atoms with Crippen LogP contribution in [-0.2, 0) is 21.9 Å². The highest BCUT2D eigenvalue weighted by molar-refractivity contribution is 6.39. The van der Waals surface area contributed by atoms with Gasteiger partial charge in [-0.3, -0.25) is 9.59 Å². The van der Waals surface area contributed by atoms with Crippen molar-refractivity contribution in [2.75, 3.05) is 25.0 Å². The van der Waals surface area contributed by atoms with Gasteiger partial charge in [-0.1, -0.05) is 0 Å². The summed E-state index contributed by atoms with van der Waals surface area (Å²) in [4.78, 5) is 24.4. The van der Waals surface area contributed by atoms with Gasteiger partial charge < -0.3 is 15.3 Å². The zero-order chi connectivity index (χ0) is 19.4. The molecule has 11 heteroatoms. The van der Waals surface area contributed by atoms with Crippen LogP contribution in [0.4, 0.5) is 32.0 Å². The van der Waals surface area contributed by atoms with Gasteiger partial charge in [0.05, 0.1) is 17.7 Å². The van der Waals surface area contributed by atoms with E-state index in [4.69, 9.17) is 5.11 Å². The van der Waals surface area contributed by atoms with Crippen molar-refractivity contribution in [3.05, 3.63) is 29.3 Å². The topological polar surface area (TPSA) is 69.6 Å². The molecule has 1 aromatic rings. The van der Waals surface area contributed by atoms with Crippen LogP contribution < -0.4 is 5.32 Å². The number of aliphatic hydroxyl groups excluding tert-OH is 1. The van der Waals surface area contributed by atoms with Gasteiger partial charge in [-0.2, -0.15) is 26.3 Å². The number of nitrogens with zero attached hydrogens (tertiary/aromatic N) is 1. The smallest absolute Gasteiger partial charge is 0.395 e. The van der Waals surface area contributed by atoms with Crippen LogP contribution in [0.2, 0.25) is 0 Å². The third-order valence-electron chi connectivity index (χ3n) is 3.08. The maximum atomic E-state index is 12.7. The molecule has 0 bridgehead atoms. The number of aliphatic hydroxyl groups is 1. The number of rotatable bonds is 4. The minimum Gasteiger partial charge on any atom is -0.395 e. The second-order valence-electron chi connectivity index (χ2n) is 4.86. The molecule has 0 saturated carbocycles. The van der Waals surface area contributed by atoms with Crippen molar-refractivity contribution >= 4 is 17.5 Å². The number of anilines is 1. The highest BCUT2D eigenvalue weighted by Gasteiger charge is 2.37. The Morgan fingerprint density at radius 3 is 1.88 bits per heavy atom. The van der Waals surface area contributed by atoms with Crippen LogP contribution in [-0.4, -0.2) is 41.5 Å². The number of nitrogens with one attached hydrogen (secondary N) is 1. The number of carbonyl (C=O) groups is 2. The van der Waals surface area contributed by atoms with E-state index in [0.717, 1.165) is 4.90 Å². The van der Waals surface area contributed by atoms with Crippen LogP contribution in [0, 0.1) is 0 Å². The molecule has 0 heterocycles. The first kappa shape index (κ1) is 20.7. The monoisotopic (exact) mass is 372 g/mol. The minimum atomic E-state index is -5.07. The summed E-state index contributed by atoms with van der Waals surface area (Å²) >= 11 is 0. The van der Waals surface area contributed by atoms with E-state index in [0.29, 0.717) is 12.1 Å². The van der Waals surface area contributed by atoms with E-state index in [1.54, 1.807) is 5.32 Å². The maximum absolute atomic E-state index is 12.7. The van der Waals surface area contributed by atoms with E-state index < -0.39 is 47.6 Å². The summed E-state index contributed by atoms with van der Waals surface area (Å²) in [6.07, 6.45) is -10.1. The van der Waals surface area contributed by atoms with E-state index in [1.165, 1.54) is 6.92 Å². The molecular formula is C14H14F6N2O3. The highest BCUT2D eigenvalue weighted by Crippen LogP contribution is 2.37. The van der Waals surface area contributed by atoms with Crippen molar-refractivity contribution in [1.29, 1.82) is 0 Å². The molecule has 0 aliphatic heterocycles. The number of hydrogen-bond acceptors (Lipinski definition) is 3. The molecule has 0 saturated heterocycles. The fourth-order valence-electron chi connectivity index (χ4n) is 1.88. The van der Waals surface area contributed by atoms with Crippen molar-refractivity contribution in [3.63, 3.8) is 0 Å². The van der Waals surface area contributed by atoms with Crippen LogP contribution in [0.3, 0.4) is 0 Å². The lowest BCUT2D eigenvalue weighted by Crippen LogP contribution is -2.41. The Balaban J connectivity index is 3.16. The predicted octanol–water partition coefficient (Wildman–Crippen LogP) is 2.50. The largest absolute Gasteiger partial charge is 0.416 e. The molecule has 1 rings (SSSR count). The molecule has 25 heavy (non-hydrogen) atoms. The molecular weight excluding hydrogens is 358 g/mol. The van der Waals surface area contributed by atoms with E-state index in [1.807, 2.05) is 0 Å². The van der Waals surface area contributed by atoms with E-state index in [2.05, 4.69) is 0 Å². The van der Waals surface area contributed by atoms with Crippen LogP contribution in [0.5, 0.6) is 0 Å². The van der Waals surface area contributed by atoms with Crippen molar-refractivity contribution in [2.45, 2.75) is 19.3 Å². The van der Waals surface area contributed by atoms with Crippen LogP contribution >= 0.6 is 0 Å². The highest BCUT2D eigenvalue weighted by atomic mass is 19.4. The zero-order valence-electron chi connectivity index (χ0n) is 12.8. The number of likely N-dealkylation sites (N-methyl/N-ethyl adjacent to an activating group) is 1. The second-order valence-corrected chi connectivity index (χ2v) is 4.86. The average Bonchev–Trinajstić information content (AvgIpc) is 2.49. The molecule has 2 N–H and O–H groups in total. The van der Waals surface area contributed by atoms with Crippen LogP contribution in [0.1, 0.15) is 18.1 Å². The molecule has 0 fully saturated rings. The number of carbonyl (C=O) groups excluding carboxylic acids is 2. The van der Waals surface area contributed by atoms with Crippen molar-refractivity contribution in [3.8, 4) is 0 Å². The summed E-state index contributed by atoms with van der Waals surface area (Å²) in [6.45, 7) is 0.823. The molecule has 0 aliphatic rings. The molecule has 140 valence electrons. The summed E-state index contributed by atoms with van der Waals surface area (Å²) < 4.78 is 76.4. The molecule has 2 amide bonds. The third kappa shape index (κ3) is 5.62. The van der Waals surface area contributed by atoms with Gasteiger partial charge in [-0.05, 0) is 25.1 Å². The van der Waals surface area contributed by atoms with Gasteiger partial charge in [0.25, 0.3) is 0 Å². The normalized spacial score (nSPS) is 12.0. The summed E-state index contributed by atoms with van der Waals surface area (Å²) in [6, 6.07) is 0.493.